The molecule has 0 saturated heterocycles. The third-order valence-corrected chi connectivity index (χ3v) is 4.68. The molecule has 10 N–H and O–H groups in total. The number of nitrogens with two attached hydrogens (primary N) is 2. The molecule has 0 aromatic carbocycles. The Morgan fingerprint density at radius 1 is 0.941 bits per heavy atom. The van der Waals surface area contributed by atoms with Gasteiger partial charge in [-0.3, -0.25) is 19.2 Å². The van der Waals surface area contributed by atoms with Crippen molar-refractivity contribution in [2.75, 3.05) is 6.54 Å². The fraction of sp³-hybridized carbons (Fsp3) is 0.421. The quantitative estimate of drug-likeness (QED) is 0.135. The van der Waals surface area contributed by atoms with E-state index in [4.69, 9.17) is 16.6 Å². The zero-order valence-electron chi connectivity index (χ0n) is 18.1. The van der Waals surface area contributed by atoms with Gasteiger partial charge in [-0.15, -0.1) is 0 Å². The Balaban J connectivity index is 1.95. The molecule has 2 aromatic rings. The Morgan fingerprint density at radius 2 is 1.56 bits per heavy atom. The van der Waals surface area contributed by atoms with Gasteiger partial charge >= 0.3 is 5.97 Å². The Morgan fingerprint density at radius 3 is 2.09 bits per heavy atom. The number of amides is 4. The minimum atomic E-state index is -1.35. The van der Waals surface area contributed by atoms with Gasteiger partial charge in [0, 0.05) is 43.0 Å². The number of aliphatic carboxylic acids is 1. The predicted octanol–water partition coefficient (Wildman–Crippen LogP) is -3.32. The van der Waals surface area contributed by atoms with Crippen LogP contribution < -0.4 is 27.4 Å². The van der Waals surface area contributed by atoms with Crippen molar-refractivity contribution in [2.24, 2.45) is 11.5 Å². The number of carboxylic acid groups (broad SMARTS) is 1. The maximum Gasteiger partial charge on any atom is 0.326 e. The number of H-pyrrole nitrogens is 2. The van der Waals surface area contributed by atoms with Crippen molar-refractivity contribution in [1.82, 2.24) is 35.9 Å². The first-order valence-electron chi connectivity index (χ1n) is 10.2. The smallest absolute Gasteiger partial charge is 0.326 e. The molecule has 2 aromatic heterocycles. The van der Waals surface area contributed by atoms with Crippen LogP contribution in [0.5, 0.6) is 0 Å². The second kappa shape index (κ2) is 12.7. The van der Waals surface area contributed by atoms with Crippen LogP contribution in [0.1, 0.15) is 24.2 Å². The minimum Gasteiger partial charge on any atom is -0.480 e. The SMILES string of the molecule is NC(=O)CCC(NC(=O)CNC(=O)C(Cc1cnc[nH]1)NC(=O)C(N)Cc1cnc[nH]1)C(=O)O. The van der Waals surface area contributed by atoms with Crippen molar-refractivity contribution in [3.63, 3.8) is 0 Å². The number of aromatic nitrogens is 4. The fourth-order valence-electron chi connectivity index (χ4n) is 2.91. The third-order valence-electron chi connectivity index (χ3n) is 4.68. The number of carboxylic acids is 1. The molecule has 0 bridgehead atoms. The van der Waals surface area contributed by atoms with E-state index in [1.165, 1.54) is 25.0 Å². The number of rotatable bonds is 14. The first-order valence-corrected chi connectivity index (χ1v) is 10.2. The summed E-state index contributed by atoms with van der Waals surface area (Å²) < 4.78 is 0. The molecule has 0 spiro atoms. The van der Waals surface area contributed by atoms with Crippen LogP contribution in [0, 0.1) is 0 Å². The summed E-state index contributed by atoms with van der Waals surface area (Å²) in [5, 5.41) is 16.3. The average molecular weight is 477 g/mol. The van der Waals surface area contributed by atoms with Crippen molar-refractivity contribution >= 4 is 29.6 Å². The van der Waals surface area contributed by atoms with E-state index in [0.717, 1.165) is 0 Å². The number of aromatic amines is 2. The van der Waals surface area contributed by atoms with Gasteiger partial charge in [0.15, 0.2) is 0 Å². The minimum absolute atomic E-state index is 0.0341. The third kappa shape index (κ3) is 8.70. The summed E-state index contributed by atoms with van der Waals surface area (Å²) in [5.74, 6) is -4.16. The number of hydrogen-bond donors (Lipinski definition) is 8. The zero-order chi connectivity index (χ0) is 25.1. The lowest BCUT2D eigenvalue weighted by molar-refractivity contribution is -0.142. The molecule has 0 aliphatic carbocycles. The van der Waals surface area contributed by atoms with E-state index in [9.17, 15) is 24.0 Å². The Hall–Kier alpha value is -4.27. The molecular formula is C19H27N9O6. The van der Waals surface area contributed by atoms with Gasteiger partial charge in [-0.1, -0.05) is 0 Å². The van der Waals surface area contributed by atoms with E-state index in [0.29, 0.717) is 11.4 Å². The number of nitrogens with one attached hydrogen (secondary N) is 5. The fourth-order valence-corrected chi connectivity index (χ4v) is 2.91. The first-order chi connectivity index (χ1) is 16.2. The summed E-state index contributed by atoms with van der Waals surface area (Å²) in [7, 11) is 0. The summed E-state index contributed by atoms with van der Waals surface area (Å²) in [6, 6.07) is -3.42. The van der Waals surface area contributed by atoms with Crippen LogP contribution >= 0.6 is 0 Å². The molecule has 34 heavy (non-hydrogen) atoms. The van der Waals surface area contributed by atoms with Crippen molar-refractivity contribution in [1.29, 1.82) is 0 Å². The van der Waals surface area contributed by atoms with Crippen LogP contribution in [0.2, 0.25) is 0 Å². The molecule has 2 rings (SSSR count). The van der Waals surface area contributed by atoms with Gasteiger partial charge in [-0.2, -0.15) is 0 Å². The van der Waals surface area contributed by atoms with Gasteiger partial charge in [0.25, 0.3) is 0 Å². The van der Waals surface area contributed by atoms with Crippen LogP contribution in [0.25, 0.3) is 0 Å². The Bertz CT molecular complexity index is 977. The van der Waals surface area contributed by atoms with Gasteiger partial charge in [0.1, 0.15) is 12.1 Å². The van der Waals surface area contributed by atoms with Crippen LogP contribution in [0.3, 0.4) is 0 Å². The highest BCUT2D eigenvalue weighted by Crippen LogP contribution is 2.02. The second-order valence-corrected chi connectivity index (χ2v) is 7.41. The largest absolute Gasteiger partial charge is 0.480 e. The maximum atomic E-state index is 12.7. The molecule has 2 heterocycles. The lowest BCUT2D eigenvalue weighted by Gasteiger charge is -2.20. The van der Waals surface area contributed by atoms with E-state index in [1.54, 1.807) is 0 Å². The van der Waals surface area contributed by atoms with Gasteiger partial charge in [-0.25, -0.2) is 14.8 Å². The summed E-state index contributed by atoms with van der Waals surface area (Å²) in [4.78, 5) is 72.8. The monoisotopic (exact) mass is 477 g/mol. The number of primary amides is 1. The molecule has 0 aliphatic rings. The molecule has 0 saturated carbocycles. The first kappa shape index (κ1) is 26.0. The highest BCUT2D eigenvalue weighted by Gasteiger charge is 2.26. The Kier molecular flexibility index (Phi) is 9.70. The number of carbonyl (C=O) groups excluding carboxylic acids is 4. The summed E-state index contributed by atoms with van der Waals surface area (Å²) in [6.45, 7) is -0.561. The Labute approximate surface area is 193 Å². The topological polar surface area (TPSA) is 251 Å². The predicted molar refractivity (Wildman–Crippen MR) is 115 cm³/mol. The number of imidazole rings is 2. The highest BCUT2D eigenvalue weighted by molar-refractivity contribution is 5.92. The van der Waals surface area contributed by atoms with Crippen LogP contribution in [-0.2, 0) is 36.8 Å². The lowest BCUT2D eigenvalue weighted by Crippen LogP contribution is -2.54. The molecule has 4 amide bonds. The van der Waals surface area contributed by atoms with Crippen LogP contribution in [0.15, 0.2) is 25.0 Å². The van der Waals surface area contributed by atoms with E-state index in [1.807, 2.05) is 0 Å². The molecule has 3 atom stereocenters. The summed E-state index contributed by atoms with van der Waals surface area (Å²) in [5.41, 5.74) is 12.1. The van der Waals surface area contributed by atoms with E-state index in [-0.39, 0.29) is 25.7 Å². The average Bonchev–Trinajstić information content (AvgIpc) is 3.48. The molecular weight excluding hydrogens is 450 g/mol. The van der Waals surface area contributed by atoms with Crippen molar-refractivity contribution in [3.05, 3.63) is 36.4 Å². The number of carbonyl (C=O) groups is 5. The molecule has 0 fully saturated rings. The van der Waals surface area contributed by atoms with Crippen molar-refractivity contribution in [2.45, 2.75) is 43.8 Å². The zero-order valence-corrected chi connectivity index (χ0v) is 18.1. The number of nitrogens with zero attached hydrogens (tertiary/aromatic N) is 2. The normalized spacial score (nSPS) is 13.3. The van der Waals surface area contributed by atoms with Gasteiger partial charge < -0.3 is 42.5 Å². The number of hydrogen-bond acceptors (Lipinski definition) is 8. The standard InChI is InChI=1S/C19H27N9O6/c20-12(3-10-5-22-8-25-10)17(31)28-14(4-11-6-23-9-26-11)18(32)24-7-16(30)27-13(19(33)34)1-2-15(21)29/h5-6,8-9,12-14H,1-4,7,20H2,(H2,21,29)(H,22,25)(H,23,26)(H,24,32)(H,27,30)(H,28,31)(H,33,34). The van der Waals surface area contributed by atoms with E-state index < -0.39 is 54.3 Å². The molecule has 0 radical (unpaired) electrons. The molecule has 184 valence electrons. The summed E-state index contributed by atoms with van der Waals surface area (Å²) in [6.07, 6.45) is 5.61. The highest BCUT2D eigenvalue weighted by atomic mass is 16.4. The van der Waals surface area contributed by atoms with E-state index >= 15 is 0 Å². The van der Waals surface area contributed by atoms with E-state index in [2.05, 4.69) is 35.9 Å². The van der Waals surface area contributed by atoms with Gasteiger partial charge in [0.05, 0.1) is 25.2 Å². The molecule has 15 nitrogen and oxygen atoms in total. The maximum absolute atomic E-state index is 12.7. The van der Waals surface area contributed by atoms with Crippen molar-refractivity contribution < 1.29 is 29.1 Å². The van der Waals surface area contributed by atoms with Crippen LogP contribution in [-0.4, -0.2) is 79.3 Å². The van der Waals surface area contributed by atoms with Gasteiger partial charge in [-0.05, 0) is 6.42 Å². The summed E-state index contributed by atoms with van der Waals surface area (Å²) >= 11 is 0. The molecule has 15 heteroatoms. The second-order valence-electron chi connectivity index (χ2n) is 7.41. The van der Waals surface area contributed by atoms with Crippen molar-refractivity contribution in [3.8, 4) is 0 Å². The molecule has 3 unspecified atom stereocenters. The van der Waals surface area contributed by atoms with Crippen LogP contribution in [0.4, 0.5) is 0 Å². The molecule has 0 aliphatic heterocycles. The lowest BCUT2D eigenvalue weighted by atomic mass is 10.1. The van der Waals surface area contributed by atoms with Gasteiger partial charge in [0.2, 0.25) is 23.6 Å².